The summed E-state index contributed by atoms with van der Waals surface area (Å²) in [6, 6.07) is 8.33. The third kappa shape index (κ3) is 2.53. The molecule has 3 nitrogen and oxygen atoms in total. The molecule has 0 aliphatic carbocycles. The number of hydrogen-bond donors (Lipinski definition) is 2. The largest absolute Gasteiger partial charge is 0.464 e. The van der Waals surface area contributed by atoms with Crippen LogP contribution in [0.4, 0.5) is 0 Å². The second kappa shape index (κ2) is 5.76. The van der Waals surface area contributed by atoms with Crippen molar-refractivity contribution in [1.82, 2.24) is 5.32 Å². The van der Waals surface area contributed by atoms with E-state index >= 15 is 0 Å². The molecule has 2 unspecified atom stereocenters. The zero-order chi connectivity index (χ0) is 13.9. The predicted molar refractivity (Wildman–Crippen MR) is 78.4 cm³/mol. The first-order valence-corrected chi connectivity index (χ1v) is 6.97. The average molecular weight is 261 g/mol. The van der Waals surface area contributed by atoms with Gasteiger partial charge >= 0.3 is 0 Å². The number of fused-ring (bicyclic) bond motifs is 1. The molecule has 1 aromatic carbocycles. The van der Waals surface area contributed by atoms with Gasteiger partial charge in [-0.2, -0.15) is 0 Å². The quantitative estimate of drug-likeness (QED) is 0.840. The van der Waals surface area contributed by atoms with Crippen molar-refractivity contribution in [2.24, 2.45) is 0 Å². The first kappa shape index (κ1) is 14.1. The highest BCUT2D eigenvalue weighted by Gasteiger charge is 2.33. The second-order valence-corrected chi connectivity index (χ2v) is 5.24. The number of furan rings is 1. The molecule has 19 heavy (non-hydrogen) atoms. The standard InChI is InChI=1S/C16H23NO2/c1-4-16(3,15(11-18)17-5-2)13-6-7-14-12(10-13)8-9-19-14/h6-10,15,17-18H,4-5,11H2,1-3H3. The van der Waals surface area contributed by atoms with Crippen molar-refractivity contribution in [1.29, 1.82) is 0 Å². The Hall–Kier alpha value is -1.32. The minimum atomic E-state index is -0.0871. The van der Waals surface area contributed by atoms with Gasteiger partial charge in [0.1, 0.15) is 5.58 Å². The molecule has 2 atom stereocenters. The van der Waals surface area contributed by atoms with E-state index in [9.17, 15) is 5.11 Å². The SMILES string of the molecule is CCNC(CO)C(C)(CC)c1ccc2occc2c1. The molecule has 0 bridgehead atoms. The number of likely N-dealkylation sites (N-methyl/N-ethyl adjacent to an activating group) is 1. The van der Waals surface area contributed by atoms with Crippen LogP contribution in [-0.2, 0) is 5.41 Å². The zero-order valence-electron chi connectivity index (χ0n) is 11.9. The normalized spacial score (nSPS) is 16.4. The number of hydrogen-bond acceptors (Lipinski definition) is 3. The Balaban J connectivity index is 2.43. The van der Waals surface area contributed by atoms with Crippen LogP contribution < -0.4 is 5.32 Å². The highest BCUT2D eigenvalue weighted by molar-refractivity contribution is 5.78. The van der Waals surface area contributed by atoms with Crippen LogP contribution in [-0.4, -0.2) is 24.3 Å². The van der Waals surface area contributed by atoms with E-state index in [-0.39, 0.29) is 18.1 Å². The Kier molecular flexibility index (Phi) is 4.27. The summed E-state index contributed by atoms with van der Waals surface area (Å²) >= 11 is 0. The minimum absolute atomic E-state index is 0.0619. The summed E-state index contributed by atoms with van der Waals surface area (Å²) in [6.07, 6.45) is 2.68. The van der Waals surface area contributed by atoms with Crippen molar-refractivity contribution in [3.63, 3.8) is 0 Å². The molecule has 1 aromatic heterocycles. The molecular formula is C16H23NO2. The number of rotatable bonds is 6. The van der Waals surface area contributed by atoms with Crippen LogP contribution in [0.1, 0.15) is 32.8 Å². The zero-order valence-corrected chi connectivity index (χ0v) is 11.9. The lowest BCUT2D eigenvalue weighted by molar-refractivity contribution is 0.181. The Morgan fingerprint density at radius 1 is 1.32 bits per heavy atom. The van der Waals surface area contributed by atoms with Gasteiger partial charge in [-0.1, -0.05) is 26.8 Å². The van der Waals surface area contributed by atoms with Crippen molar-refractivity contribution >= 4 is 11.0 Å². The topological polar surface area (TPSA) is 45.4 Å². The van der Waals surface area contributed by atoms with E-state index < -0.39 is 0 Å². The van der Waals surface area contributed by atoms with Gasteiger partial charge in [0.15, 0.2) is 0 Å². The molecule has 0 aliphatic rings. The first-order chi connectivity index (χ1) is 9.15. The van der Waals surface area contributed by atoms with Crippen molar-refractivity contribution < 1.29 is 9.52 Å². The highest BCUT2D eigenvalue weighted by Crippen LogP contribution is 2.33. The van der Waals surface area contributed by atoms with Gasteiger partial charge in [-0.05, 0) is 36.7 Å². The molecule has 0 amide bonds. The molecule has 0 spiro atoms. The first-order valence-electron chi connectivity index (χ1n) is 6.97. The summed E-state index contributed by atoms with van der Waals surface area (Å²) < 4.78 is 5.39. The summed E-state index contributed by atoms with van der Waals surface area (Å²) in [5.74, 6) is 0. The third-order valence-corrected chi connectivity index (χ3v) is 4.25. The maximum atomic E-state index is 9.68. The van der Waals surface area contributed by atoms with E-state index in [4.69, 9.17) is 4.42 Å². The average Bonchev–Trinajstić information content (AvgIpc) is 2.91. The molecule has 1 heterocycles. The van der Waals surface area contributed by atoms with Gasteiger partial charge in [0.05, 0.1) is 12.9 Å². The van der Waals surface area contributed by atoms with Gasteiger partial charge in [0, 0.05) is 16.8 Å². The van der Waals surface area contributed by atoms with Crippen molar-refractivity contribution in [2.45, 2.75) is 38.6 Å². The van der Waals surface area contributed by atoms with Crippen LogP contribution in [0.5, 0.6) is 0 Å². The van der Waals surface area contributed by atoms with E-state index in [1.807, 2.05) is 12.1 Å². The van der Waals surface area contributed by atoms with Crippen LogP contribution in [0, 0.1) is 0 Å². The maximum absolute atomic E-state index is 9.68. The van der Waals surface area contributed by atoms with E-state index in [2.05, 4.69) is 38.2 Å². The molecular weight excluding hydrogens is 238 g/mol. The number of aliphatic hydroxyl groups is 1. The maximum Gasteiger partial charge on any atom is 0.133 e. The van der Waals surface area contributed by atoms with Crippen LogP contribution in [0.3, 0.4) is 0 Å². The summed E-state index contributed by atoms with van der Waals surface area (Å²) in [5.41, 5.74) is 2.06. The molecule has 0 fully saturated rings. The third-order valence-electron chi connectivity index (χ3n) is 4.25. The Labute approximate surface area is 114 Å². The van der Waals surface area contributed by atoms with Crippen molar-refractivity contribution in [2.75, 3.05) is 13.2 Å². The predicted octanol–water partition coefficient (Wildman–Crippen LogP) is 3.07. The lowest BCUT2D eigenvalue weighted by Crippen LogP contribution is -2.48. The van der Waals surface area contributed by atoms with Gasteiger partial charge in [-0.25, -0.2) is 0 Å². The van der Waals surface area contributed by atoms with E-state index in [1.54, 1.807) is 6.26 Å². The molecule has 2 rings (SSSR count). The van der Waals surface area contributed by atoms with Crippen LogP contribution in [0.2, 0.25) is 0 Å². The van der Waals surface area contributed by atoms with Gasteiger partial charge in [0.25, 0.3) is 0 Å². The number of benzene rings is 1. The highest BCUT2D eigenvalue weighted by atomic mass is 16.3. The molecule has 104 valence electrons. The molecule has 0 radical (unpaired) electrons. The summed E-state index contributed by atoms with van der Waals surface area (Å²) in [6.45, 7) is 7.44. The van der Waals surface area contributed by atoms with Crippen LogP contribution in [0.15, 0.2) is 34.9 Å². The molecule has 3 heteroatoms. The van der Waals surface area contributed by atoms with Crippen molar-refractivity contribution in [3.8, 4) is 0 Å². The van der Waals surface area contributed by atoms with E-state index in [0.29, 0.717) is 0 Å². The van der Waals surface area contributed by atoms with Gasteiger partial charge < -0.3 is 14.8 Å². The molecule has 0 aliphatic heterocycles. The van der Waals surface area contributed by atoms with Gasteiger partial charge in [-0.3, -0.25) is 0 Å². The number of nitrogens with one attached hydrogen (secondary N) is 1. The monoisotopic (exact) mass is 261 g/mol. The minimum Gasteiger partial charge on any atom is -0.464 e. The smallest absolute Gasteiger partial charge is 0.133 e. The van der Waals surface area contributed by atoms with Crippen LogP contribution >= 0.6 is 0 Å². The number of aliphatic hydroxyl groups excluding tert-OH is 1. The molecule has 2 aromatic rings. The molecule has 0 saturated heterocycles. The lowest BCUT2D eigenvalue weighted by atomic mass is 9.73. The fourth-order valence-electron chi connectivity index (χ4n) is 2.71. The fourth-order valence-corrected chi connectivity index (χ4v) is 2.71. The Morgan fingerprint density at radius 2 is 2.11 bits per heavy atom. The summed E-state index contributed by atoms with van der Waals surface area (Å²) in [4.78, 5) is 0. The van der Waals surface area contributed by atoms with E-state index in [0.717, 1.165) is 23.9 Å². The van der Waals surface area contributed by atoms with E-state index in [1.165, 1.54) is 5.56 Å². The summed E-state index contributed by atoms with van der Waals surface area (Å²) in [7, 11) is 0. The lowest BCUT2D eigenvalue weighted by Gasteiger charge is -2.37. The molecule has 0 saturated carbocycles. The summed E-state index contributed by atoms with van der Waals surface area (Å²) in [5, 5.41) is 14.2. The van der Waals surface area contributed by atoms with Gasteiger partial charge in [-0.15, -0.1) is 0 Å². The van der Waals surface area contributed by atoms with Crippen LogP contribution in [0.25, 0.3) is 11.0 Å². The molecule has 2 N–H and O–H groups in total. The Bertz CT molecular complexity index is 534. The fraction of sp³-hybridized carbons (Fsp3) is 0.500. The van der Waals surface area contributed by atoms with Crippen molar-refractivity contribution in [3.05, 3.63) is 36.1 Å². The Morgan fingerprint density at radius 3 is 2.74 bits per heavy atom. The second-order valence-electron chi connectivity index (χ2n) is 5.24. The van der Waals surface area contributed by atoms with Gasteiger partial charge in [0.2, 0.25) is 0 Å².